The Morgan fingerprint density at radius 1 is 1.05 bits per heavy atom. The molecule has 0 N–H and O–H groups in total. The van der Waals surface area contributed by atoms with Gasteiger partial charge in [-0.1, -0.05) is 6.07 Å². The minimum Gasteiger partial charge on any atom is -0.494 e. The standard InChI is InChI=1S/C17H30N2O/c1-6-19(7-2)16-12-11-15(10-9-13-18(4)5)17(14-16)20-8-3/h11-12,14H,6-10,13H2,1-5H3. The van der Waals surface area contributed by atoms with Gasteiger partial charge in [0, 0.05) is 24.8 Å². The van der Waals surface area contributed by atoms with Crippen LogP contribution in [0.2, 0.25) is 0 Å². The lowest BCUT2D eigenvalue weighted by Gasteiger charge is -2.23. The molecule has 0 bridgehead atoms. The van der Waals surface area contributed by atoms with E-state index in [4.69, 9.17) is 4.74 Å². The predicted molar refractivity (Wildman–Crippen MR) is 88.0 cm³/mol. The monoisotopic (exact) mass is 278 g/mol. The van der Waals surface area contributed by atoms with Crippen LogP contribution >= 0.6 is 0 Å². The number of anilines is 1. The number of hydrogen-bond acceptors (Lipinski definition) is 3. The van der Waals surface area contributed by atoms with E-state index in [9.17, 15) is 0 Å². The fourth-order valence-electron chi connectivity index (χ4n) is 2.41. The van der Waals surface area contributed by atoms with Gasteiger partial charge in [0.1, 0.15) is 5.75 Å². The van der Waals surface area contributed by atoms with Crippen LogP contribution in [0.5, 0.6) is 5.75 Å². The summed E-state index contributed by atoms with van der Waals surface area (Å²) in [5, 5.41) is 0. The summed E-state index contributed by atoms with van der Waals surface area (Å²) in [7, 11) is 4.24. The van der Waals surface area contributed by atoms with Gasteiger partial charge in [-0.2, -0.15) is 0 Å². The molecule has 0 atom stereocenters. The molecule has 0 aliphatic heterocycles. The zero-order valence-electron chi connectivity index (χ0n) is 13.8. The summed E-state index contributed by atoms with van der Waals surface area (Å²) in [5.74, 6) is 1.05. The number of aryl methyl sites for hydroxylation is 1. The lowest BCUT2D eigenvalue weighted by molar-refractivity contribution is 0.334. The molecule has 1 aromatic rings. The first kappa shape index (κ1) is 16.8. The Hall–Kier alpha value is -1.22. The molecule has 0 spiro atoms. The van der Waals surface area contributed by atoms with Gasteiger partial charge in [0.15, 0.2) is 0 Å². The van der Waals surface area contributed by atoms with Crippen molar-refractivity contribution < 1.29 is 4.74 Å². The number of benzene rings is 1. The van der Waals surface area contributed by atoms with Crippen molar-refractivity contribution in [1.29, 1.82) is 0 Å². The quantitative estimate of drug-likeness (QED) is 0.688. The average Bonchev–Trinajstić information content (AvgIpc) is 2.42. The second kappa shape index (κ2) is 8.85. The Bertz CT molecular complexity index is 387. The molecule has 1 aromatic carbocycles. The maximum Gasteiger partial charge on any atom is 0.124 e. The highest BCUT2D eigenvalue weighted by molar-refractivity contribution is 5.53. The zero-order chi connectivity index (χ0) is 15.0. The van der Waals surface area contributed by atoms with Crippen molar-refractivity contribution in [2.75, 3.05) is 45.2 Å². The topological polar surface area (TPSA) is 15.7 Å². The van der Waals surface area contributed by atoms with Crippen molar-refractivity contribution in [3.63, 3.8) is 0 Å². The van der Waals surface area contributed by atoms with Crippen LogP contribution in [0, 0.1) is 0 Å². The van der Waals surface area contributed by atoms with E-state index in [1.807, 2.05) is 6.92 Å². The SMILES string of the molecule is CCOc1cc(N(CC)CC)ccc1CCCN(C)C. The summed E-state index contributed by atoms with van der Waals surface area (Å²) in [6.45, 7) is 10.3. The molecule has 0 unspecified atom stereocenters. The molecule has 0 aromatic heterocycles. The molecule has 114 valence electrons. The summed E-state index contributed by atoms with van der Waals surface area (Å²) in [6, 6.07) is 6.65. The molecule has 0 amide bonds. The smallest absolute Gasteiger partial charge is 0.124 e. The Labute approximate surface area is 124 Å². The van der Waals surface area contributed by atoms with Gasteiger partial charge in [0.25, 0.3) is 0 Å². The molecule has 0 heterocycles. The Morgan fingerprint density at radius 3 is 2.30 bits per heavy atom. The molecule has 0 saturated carbocycles. The summed E-state index contributed by atoms with van der Waals surface area (Å²) in [4.78, 5) is 4.58. The third kappa shape index (κ3) is 5.04. The second-order valence-corrected chi connectivity index (χ2v) is 5.30. The molecular formula is C17H30N2O. The van der Waals surface area contributed by atoms with Gasteiger partial charge < -0.3 is 14.5 Å². The minimum absolute atomic E-state index is 0.725. The maximum absolute atomic E-state index is 5.83. The van der Waals surface area contributed by atoms with Gasteiger partial charge in [-0.15, -0.1) is 0 Å². The fourth-order valence-corrected chi connectivity index (χ4v) is 2.41. The van der Waals surface area contributed by atoms with E-state index < -0.39 is 0 Å². The van der Waals surface area contributed by atoms with Crippen molar-refractivity contribution in [1.82, 2.24) is 4.90 Å². The van der Waals surface area contributed by atoms with Crippen LogP contribution < -0.4 is 9.64 Å². The van der Waals surface area contributed by atoms with E-state index in [1.165, 1.54) is 11.3 Å². The third-order valence-electron chi connectivity index (χ3n) is 3.53. The van der Waals surface area contributed by atoms with Crippen molar-refractivity contribution in [3.8, 4) is 5.75 Å². The van der Waals surface area contributed by atoms with E-state index in [2.05, 4.69) is 55.9 Å². The van der Waals surface area contributed by atoms with Crippen LogP contribution in [0.4, 0.5) is 5.69 Å². The molecule has 0 fully saturated rings. The number of ether oxygens (including phenoxy) is 1. The molecule has 3 nitrogen and oxygen atoms in total. The zero-order valence-corrected chi connectivity index (χ0v) is 13.8. The first-order valence-corrected chi connectivity index (χ1v) is 7.77. The Balaban J connectivity index is 2.83. The van der Waals surface area contributed by atoms with Crippen molar-refractivity contribution in [2.24, 2.45) is 0 Å². The van der Waals surface area contributed by atoms with E-state index in [0.29, 0.717) is 0 Å². The molecular weight excluding hydrogens is 248 g/mol. The van der Waals surface area contributed by atoms with E-state index in [1.54, 1.807) is 0 Å². The molecule has 20 heavy (non-hydrogen) atoms. The lowest BCUT2D eigenvalue weighted by atomic mass is 10.1. The summed E-state index contributed by atoms with van der Waals surface area (Å²) in [5.41, 5.74) is 2.58. The summed E-state index contributed by atoms with van der Waals surface area (Å²) < 4.78 is 5.83. The van der Waals surface area contributed by atoms with Crippen LogP contribution in [0.3, 0.4) is 0 Å². The van der Waals surface area contributed by atoms with Gasteiger partial charge in [-0.25, -0.2) is 0 Å². The van der Waals surface area contributed by atoms with Crippen molar-refractivity contribution >= 4 is 5.69 Å². The molecule has 0 aliphatic rings. The molecule has 0 aliphatic carbocycles. The van der Waals surface area contributed by atoms with Crippen LogP contribution in [-0.4, -0.2) is 45.2 Å². The van der Waals surface area contributed by atoms with Crippen LogP contribution in [0.25, 0.3) is 0 Å². The van der Waals surface area contributed by atoms with Crippen LogP contribution in [0.15, 0.2) is 18.2 Å². The van der Waals surface area contributed by atoms with Crippen molar-refractivity contribution in [2.45, 2.75) is 33.6 Å². The minimum atomic E-state index is 0.725. The number of hydrogen-bond donors (Lipinski definition) is 0. The van der Waals surface area contributed by atoms with Gasteiger partial charge in [0.05, 0.1) is 6.61 Å². The first-order chi connectivity index (χ1) is 9.62. The highest BCUT2D eigenvalue weighted by Gasteiger charge is 2.08. The summed E-state index contributed by atoms with van der Waals surface area (Å²) in [6.07, 6.45) is 2.24. The highest BCUT2D eigenvalue weighted by atomic mass is 16.5. The van der Waals surface area contributed by atoms with Gasteiger partial charge >= 0.3 is 0 Å². The van der Waals surface area contributed by atoms with E-state index >= 15 is 0 Å². The number of rotatable bonds is 9. The summed E-state index contributed by atoms with van der Waals surface area (Å²) >= 11 is 0. The number of nitrogens with zero attached hydrogens (tertiary/aromatic N) is 2. The van der Waals surface area contributed by atoms with Crippen LogP contribution in [-0.2, 0) is 6.42 Å². The maximum atomic E-state index is 5.83. The van der Waals surface area contributed by atoms with Gasteiger partial charge in [-0.05, 0) is 65.9 Å². The van der Waals surface area contributed by atoms with Crippen LogP contribution in [0.1, 0.15) is 32.8 Å². The van der Waals surface area contributed by atoms with Crippen molar-refractivity contribution in [3.05, 3.63) is 23.8 Å². The molecule has 0 radical (unpaired) electrons. The Kier molecular flexibility index (Phi) is 7.45. The predicted octanol–water partition coefficient (Wildman–Crippen LogP) is 3.43. The molecule has 3 heteroatoms. The molecule has 0 saturated heterocycles. The molecule has 1 rings (SSSR count). The van der Waals surface area contributed by atoms with E-state index in [-0.39, 0.29) is 0 Å². The fraction of sp³-hybridized carbons (Fsp3) is 0.647. The highest BCUT2D eigenvalue weighted by Crippen LogP contribution is 2.27. The third-order valence-corrected chi connectivity index (χ3v) is 3.53. The largest absolute Gasteiger partial charge is 0.494 e. The average molecular weight is 278 g/mol. The normalized spacial score (nSPS) is 10.9. The first-order valence-electron chi connectivity index (χ1n) is 7.77. The Morgan fingerprint density at radius 2 is 1.75 bits per heavy atom. The van der Waals surface area contributed by atoms with Gasteiger partial charge in [0.2, 0.25) is 0 Å². The van der Waals surface area contributed by atoms with E-state index in [0.717, 1.165) is 44.8 Å². The van der Waals surface area contributed by atoms with Gasteiger partial charge in [-0.3, -0.25) is 0 Å². The lowest BCUT2D eigenvalue weighted by Crippen LogP contribution is -2.21. The second-order valence-electron chi connectivity index (χ2n) is 5.30.